The molecule has 170 valence electrons. The number of ether oxygens (including phenoxy) is 2. The van der Waals surface area contributed by atoms with E-state index in [0.29, 0.717) is 32.7 Å². The number of phenols is 1. The topological polar surface area (TPSA) is 117 Å². The number of amides is 3. The molecule has 2 heterocycles. The van der Waals surface area contributed by atoms with E-state index in [9.17, 15) is 19.5 Å². The second-order valence-electron chi connectivity index (χ2n) is 7.10. The van der Waals surface area contributed by atoms with E-state index in [-0.39, 0.29) is 31.4 Å². The van der Waals surface area contributed by atoms with Crippen molar-refractivity contribution in [3.05, 3.63) is 58.5 Å². The quantitative estimate of drug-likeness (QED) is 0.325. The van der Waals surface area contributed by atoms with Crippen LogP contribution in [0.5, 0.6) is 17.2 Å². The van der Waals surface area contributed by atoms with Crippen LogP contribution in [0.3, 0.4) is 0 Å². The van der Waals surface area contributed by atoms with E-state index in [2.05, 4.69) is 10.9 Å². The third kappa shape index (κ3) is 5.44. The molecule has 0 radical (unpaired) electrons. The molecule has 33 heavy (non-hydrogen) atoms. The van der Waals surface area contributed by atoms with Gasteiger partial charge in [0.1, 0.15) is 10.1 Å². The van der Waals surface area contributed by atoms with Crippen molar-refractivity contribution in [3.8, 4) is 17.2 Å². The molecule has 1 saturated heterocycles. The lowest BCUT2D eigenvalue weighted by molar-refractivity contribution is -0.124. The van der Waals surface area contributed by atoms with Gasteiger partial charge in [0.25, 0.3) is 11.8 Å². The summed E-state index contributed by atoms with van der Waals surface area (Å²) in [6.07, 6.45) is 2.20. The van der Waals surface area contributed by atoms with Crippen LogP contribution in [-0.4, -0.2) is 45.4 Å². The van der Waals surface area contributed by atoms with E-state index in [1.165, 1.54) is 40.9 Å². The summed E-state index contributed by atoms with van der Waals surface area (Å²) in [5, 5.41) is 9.25. The lowest BCUT2D eigenvalue weighted by Gasteiger charge is -2.14. The molecular weight excluding hydrogens is 466 g/mol. The van der Waals surface area contributed by atoms with Crippen molar-refractivity contribution in [3.63, 3.8) is 0 Å². The number of phenolic OH excluding ortho intramolecular Hbond substituents is 1. The maximum absolute atomic E-state index is 12.7. The van der Waals surface area contributed by atoms with Crippen LogP contribution in [0.15, 0.2) is 47.4 Å². The first-order chi connectivity index (χ1) is 15.9. The van der Waals surface area contributed by atoms with E-state index in [1.54, 1.807) is 18.2 Å². The van der Waals surface area contributed by atoms with Crippen molar-refractivity contribution in [2.75, 3.05) is 13.3 Å². The van der Waals surface area contributed by atoms with Crippen molar-refractivity contribution in [2.45, 2.75) is 12.8 Å². The van der Waals surface area contributed by atoms with Gasteiger partial charge in [-0.15, -0.1) is 0 Å². The molecule has 9 nitrogen and oxygen atoms in total. The molecule has 0 atom stereocenters. The SMILES string of the molecule is O=C(CCCN1C(=O)/C(=C/c2ccc3c(c2)OCO3)SC1=S)NNC(=O)c1ccc(O)cc1. The Morgan fingerprint density at radius 2 is 1.88 bits per heavy atom. The summed E-state index contributed by atoms with van der Waals surface area (Å²) in [5.41, 5.74) is 5.72. The van der Waals surface area contributed by atoms with Gasteiger partial charge in [-0.1, -0.05) is 30.0 Å². The van der Waals surface area contributed by atoms with E-state index < -0.39 is 11.8 Å². The number of benzene rings is 2. The van der Waals surface area contributed by atoms with Crippen LogP contribution >= 0.6 is 24.0 Å². The van der Waals surface area contributed by atoms with Gasteiger partial charge >= 0.3 is 0 Å². The molecule has 0 spiro atoms. The van der Waals surface area contributed by atoms with Gasteiger partial charge in [0.2, 0.25) is 12.7 Å². The third-order valence-corrected chi connectivity index (χ3v) is 6.18. The predicted octanol–water partition coefficient (Wildman–Crippen LogP) is 2.56. The van der Waals surface area contributed by atoms with Gasteiger partial charge in [0, 0.05) is 18.5 Å². The average Bonchev–Trinajstić information content (AvgIpc) is 3.37. The Hall–Kier alpha value is -3.57. The molecule has 4 rings (SSSR count). The molecule has 2 aromatic carbocycles. The smallest absolute Gasteiger partial charge is 0.269 e. The summed E-state index contributed by atoms with van der Waals surface area (Å²) in [5.74, 6) is 0.207. The minimum Gasteiger partial charge on any atom is -0.508 e. The number of rotatable bonds is 6. The highest BCUT2D eigenvalue weighted by Gasteiger charge is 2.31. The van der Waals surface area contributed by atoms with Crippen molar-refractivity contribution in [1.29, 1.82) is 0 Å². The molecule has 3 amide bonds. The number of fused-ring (bicyclic) bond motifs is 1. The Morgan fingerprint density at radius 1 is 1.12 bits per heavy atom. The van der Waals surface area contributed by atoms with Gasteiger partial charge < -0.3 is 14.6 Å². The number of nitrogens with zero attached hydrogens (tertiary/aromatic N) is 1. The van der Waals surface area contributed by atoms with Gasteiger partial charge in [0.15, 0.2) is 11.5 Å². The summed E-state index contributed by atoms with van der Waals surface area (Å²) in [4.78, 5) is 38.7. The van der Waals surface area contributed by atoms with Crippen molar-refractivity contribution >= 4 is 52.1 Å². The van der Waals surface area contributed by atoms with E-state index in [1.807, 2.05) is 6.07 Å². The Morgan fingerprint density at radius 3 is 2.67 bits per heavy atom. The Bertz CT molecular complexity index is 1150. The van der Waals surface area contributed by atoms with Crippen LogP contribution < -0.4 is 20.3 Å². The highest BCUT2D eigenvalue weighted by molar-refractivity contribution is 8.26. The van der Waals surface area contributed by atoms with Crippen molar-refractivity contribution in [1.82, 2.24) is 15.8 Å². The van der Waals surface area contributed by atoms with Gasteiger partial charge in [-0.3, -0.25) is 30.1 Å². The first-order valence-electron chi connectivity index (χ1n) is 9.94. The van der Waals surface area contributed by atoms with Crippen LogP contribution in [0.2, 0.25) is 0 Å². The Balaban J connectivity index is 1.25. The molecule has 0 aliphatic carbocycles. The van der Waals surface area contributed by atoms with Gasteiger partial charge in [0.05, 0.1) is 4.91 Å². The number of carbonyl (C=O) groups is 3. The van der Waals surface area contributed by atoms with E-state index in [0.717, 1.165) is 5.56 Å². The van der Waals surface area contributed by atoms with Gasteiger partial charge in [-0.25, -0.2) is 0 Å². The zero-order valence-corrected chi connectivity index (χ0v) is 18.8. The second kappa shape index (κ2) is 9.92. The number of carbonyl (C=O) groups excluding carboxylic acids is 3. The first kappa shape index (κ1) is 22.6. The van der Waals surface area contributed by atoms with Crippen LogP contribution in [0.4, 0.5) is 0 Å². The highest BCUT2D eigenvalue weighted by Crippen LogP contribution is 2.36. The average molecular weight is 486 g/mol. The fourth-order valence-electron chi connectivity index (χ4n) is 3.12. The minimum atomic E-state index is -0.506. The summed E-state index contributed by atoms with van der Waals surface area (Å²) in [7, 11) is 0. The maximum Gasteiger partial charge on any atom is 0.269 e. The number of hydrogen-bond acceptors (Lipinski definition) is 8. The largest absolute Gasteiger partial charge is 0.508 e. The lowest BCUT2D eigenvalue weighted by atomic mass is 10.2. The van der Waals surface area contributed by atoms with Crippen LogP contribution in [-0.2, 0) is 9.59 Å². The molecule has 2 aromatic rings. The summed E-state index contributed by atoms with van der Waals surface area (Å²) in [6, 6.07) is 11.0. The fourth-order valence-corrected chi connectivity index (χ4v) is 4.43. The molecule has 2 aliphatic rings. The van der Waals surface area contributed by atoms with Crippen LogP contribution in [0.1, 0.15) is 28.8 Å². The van der Waals surface area contributed by atoms with Crippen molar-refractivity contribution in [2.24, 2.45) is 0 Å². The first-order valence-corrected chi connectivity index (χ1v) is 11.2. The molecule has 0 aromatic heterocycles. The third-order valence-electron chi connectivity index (χ3n) is 4.80. The van der Waals surface area contributed by atoms with E-state index >= 15 is 0 Å². The number of hydrogen-bond donors (Lipinski definition) is 3. The van der Waals surface area contributed by atoms with E-state index in [4.69, 9.17) is 21.7 Å². The van der Waals surface area contributed by atoms with Gasteiger partial charge in [-0.2, -0.15) is 0 Å². The van der Waals surface area contributed by atoms with Gasteiger partial charge in [-0.05, 0) is 54.5 Å². The number of thiocarbonyl (C=S) groups is 1. The minimum absolute atomic E-state index is 0.0389. The van der Waals surface area contributed by atoms with Crippen molar-refractivity contribution < 1.29 is 29.0 Å². The zero-order valence-electron chi connectivity index (χ0n) is 17.2. The summed E-state index contributed by atoms with van der Waals surface area (Å²) in [6.45, 7) is 0.456. The number of nitrogens with one attached hydrogen (secondary N) is 2. The monoisotopic (exact) mass is 485 g/mol. The van der Waals surface area contributed by atoms with Crippen LogP contribution in [0.25, 0.3) is 6.08 Å². The molecule has 3 N–H and O–H groups in total. The zero-order chi connectivity index (χ0) is 23.4. The molecular formula is C22H19N3O6S2. The normalized spacial score (nSPS) is 15.8. The fraction of sp³-hybridized carbons (Fsp3) is 0.182. The lowest BCUT2D eigenvalue weighted by Crippen LogP contribution is -2.41. The number of hydrazine groups is 1. The second-order valence-corrected chi connectivity index (χ2v) is 8.77. The van der Waals surface area contributed by atoms with Crippen LogP contribution in [0, 0.1) is 0 Å². The molecule has 0 unspecified atom stereocenters. The standard InChI is InChI=1S/C22H19N3O6S2/c26-15-6-4-14(5-7-15)20(28)24-23-19(27)2-1-9-25-21(29)18(33-22(25)32)11-13-3-8-16-17(10-13)31-12-30-16/h3-8,10-11,26H,1-2,9,12H2,(H,23,27)(H,24,28)/b18-11-. The molecule has 11 heteroatoms. The maximum atomic E-state index is 12.7. The molecule has 1 fully saturated rings. The Labute approximate surface area is 198 Å². The highest BCUT2D eigenvalue weighted by atomic mass is 32.2. The molecule has 0 bridgehead atoms. The predicted molar refractivity (Wildman–Crippen MR) is 125 cm³/mol. The Kier molecular flexibility index (Phi) is 6.80. The molecule has 0 saturated carbocycles. The molecule has 2 aliphatic heterocycles. The summed E-state index contributed by atoms with van der Waals surface area (Å²) < 4.78 is 11.1. The number of aromatic hydroxyl groups is 1. The summed E-state index contributed by atoms with van der Waals surface area (Å²) >= 11 is 6.53. The number of thioether (sulfide) groups is 1.